The zero-order valence-corrected chi connectivity index (χ0v) is 14.5. The molecule has 0 unspecified atom stereocenters. The first-order chi connectivity index (χ1) is 10.8. The number of nitrogens with one attached hydrogen (secondary N) is 1. The van der Waals surface area contributed by atoms with Crippen LogP contribution >= 0.6 is 11.8 Å². The van der Waals surface area contributed by atoms with Gasteiger partial charge in [0.05, 0.1) is 7.11 Å². The molecule has 1 aliphatic carbocycles. The van der Waals surface area contributed by atoms with Crippen LogP contribution in [0.25, 0.3) is 0 Å². The van der Waals surface area contributed by atoms with Crippen LogP contribution < -0.4 is 10.1 Å². The highest BCUT2D eigenvalue weighted by Gasteiger charge is 2.33. The number of ether oxygens (including phenoxy) is 2. The Labute approximate surface area is 138 Å². The summed E-state index contributed by atoms with van der Waals surface area (Å²) in [6, 6.07) is 7.04. The van der Waals surface area contributed by atoms with E-state index in [-0.39, 0.29) is 0 Å². The summed E-state index contributed by atoms with van der Waals surface area (Å²) < 4.78 is 11.3. The van der Waals surface area contributed by atoms with E-state index in [0.717, 1.165) is 38.3 Å². The highest BCUT2D eigenvalue weighted by atomic mass is 32.2. The predicted molar refractivity (Wildman–Crippen MR) is 93.0 cm³/mol. The summed E-state index contributed by atoms with van der Waals surface area (Å²) in [5, 5.41) is 3.86. The van der Waals surface area contributed by atoms with Gasteiger partial charge in [-0.05, 0) is 61.6 Å². The van der Waals surface area contributed by atoms with Crippen LogP contribution in [0.1, 0.15) is 42.9 Å². The van der Waals surface area contributed by atoms with Gasteiger partial charge in [0, 0.05) is 30.5 Å². The molecule has 1 aliphatic heterocycles. The van der Waals surface area contributed by atoms with Crippen molar-refractivity contribution < 1.29 is 9.47 Å². The minimum atomic E-state index is 0.350. The highest BCUT2D eigenvalue weighted by Crippen LogP contribution is 2.36. The van der Waals surface area contributed by atoms with Crippen LogP contribution in [0.4, 0.5) is 0 Å². The third-order valence-electron chi connectivity index (χ3n) is 5.17. The fraction of sp³-hybridized carbons (Fsp3) is 0.667. The van der Waals surface area contributed by atoms with E-state index in [1.165, 1.54) is 30.4 Å². The van der Waals surface area contributed by atoms with Crippen molar-refractivity contribution in [2.24, 2.45) is 0 Å². The lowest BCUT2D eigenvalue weighted by Gasteiger charge is -2.38. The SMILES string of the molecule is COc1ccc2c(c1)CCC[C@@H]2NCC1(SC)CCOCC1. The minimum absolute atomic E-state index is 0.350. The first-order valence-corrected chi connectivity index (χ1v) is 9.52. The van der Waals surface area contributed by atoms with E-state index < -0.39 is 0 Å². The molecule has 1 atom stereocenters. The molecule has 0 aromatic heterocycles. The average molecular weight is 321 g/mol. The fourth-order valence-corrected chi connectivity index (χ4v) is 4.44. The zero-order chi connectivity index (χ0) is 15.4. The zero-order valence-electron chi connectivity index (χ0n) is 13.7. The Bertz CT molecular complexity index is 500. The number of methoxy groups -OCH3 is 1. The van der Waals surface area contributed by atoms with Crippen LogP contribution in [-0.2, 0) is 11.2 Å². The van der Waals surface area contributed by atoms with Gasteiger partial charge in [-0.1, -0.05) is 6.07 Å². The lowest BCUT2D eigenvalue weighted by molar-refractivity contribution is 0.0763. The predicted octanol–water partition coefficient (Wildman–Crippen LogP) is 3.57. The van der Waals surface area contributed by atoms with E-state index in [1.807, 2.05) is 11.8 Å². The van der Waals surface area contributed by atoms with Gasteiger partial charge in [-0.15, -0.1) is 0 Å². The Hall–Kier alpha value is -0.710. The molecule has 3 rings (SSSR count). The number of fused-ring (bicyclic) bond motifs is 1. The summed E-state index contributed by atoms with van der Waals surface area (Å²) in [4.78, 5) is 0. The standard InChI is InChI=1S/C18H27NO2S/c1-20-15-6-7-16-14(12-15)4-3-5-17(16)19-13-18(22-2)8-10-21-11-9-18/h6-7,12,17,19H,3-5,8-11,13H2,1-2H3/t17-/m0/s1. The van der Waals surface area contributed by atoms with Crippen LogP contribution in [0.3, 0.4) is 0 Å². The molecule has 3 nitrogen and oxygen atoms in total. The van der Waals surface area contributed by atoms with Crippen LogP contribution in [0, 0.1) is 0 Å². The maximum absolute atomic E-state index is 5.55. The highest BCUT2D eigenvalue weighted by molar-refractivity contribution is 8.00. The molecule has 2 aliphatic rings. The largest absolute Gasteiger partial charge is 0.497 e. The Balaban J connectivity index is 1.69. The maximum atomic E-state index is 5.55. The molecule has 0 bridgehead atoms. The monoisotopic (exact) mass is 321 g/mol. The van der Waals surface area contributed by atoms with Gasteiger partial charge < -0.3 is 14.8 Å². The Morgan fingerprint density at radius 3 is 2.91 bits per heavy atom. The van der Waals surface area contributed by atoms with E-state index in [4.69, 9.17) is 9.47 Å². The van der Waals surface area contributed by atoms with Crippen molar-refractivity contribution in [3.8, 4) is 5.75 Å². The van der Waals surface area contributed by atoms with Gasteiger partial charge in [-0.3, -0.25) is 0 Å². The molecule has 1 aromatic carbocycles. The fourth-order valence-electron chi connectivity index (χ4n) is 3.64. The third-order valence-corrected chi connectivity index (χ3v) is 6.59. The molecule has 1 N–H and O–H groups in total. The van der Waals surface area contributed by atoms with Crippen molar-refractivity contribution in [2.75, 3.05) is 33.1 Å². The molecule has 1 heterocycles. The second-order valence-electron chi connectivity index (χ2n) is 6.39. The maximum Gasteiger partial charge on any atom is 0.119 e. The van der Waals surface area contributed by atoms with Crippen molar-refractivity contribution in [1.82, 2.24) is 5.32 Å². The molecule has 4 heteroatoms. The van der Waals surface area contributed by atoms with Gasteiger partial charge in [0.1, 0.15) is 5.75 Å². The van der Waals surface area contributed by atoms with Crippen molar-refractivity contribution in [3.63, 3.8) is 0 Å². The lowest BCUT2D eigenvalue weighted by atomic mass is 9.87. The average Bonchev–Trinajstić information content (AvgIpc) is 2.60. The molecular weight excluding hydrogens is 294 g/mol. The molecule has 122 valence electrons. The number of hydrogen-bond donors (Lipinski definition) is 1. The molecular formula is C18H27NO2S. The molecule has 0 saturated carbocycles. The van der Waals surface area contributed by atoms with E-state index in [2.05, 4.69) is 29.8 Å². The number of benzene rings is 1. The molecule has 0 amide bonds. The number of aryl methyl sites for hydroxylation is 1. The molecule has 22 heavy (non-hydrogen) atoms. The van der Waals surface area contributed by atoms with Crippen LogP contribution in [0.2, 0.25) is 0 Å². The topological polar surface area (TPSA) is 30.5 Å². The summed E-state index contributed by atoms with van der Waals surface area (Å²) in [6.07, 6.45) is 8.22. The summed E-state index contributed by atoms with van der Waals surface area (Å²) in [5.74, 6) is 0.976. The van der Waals surface area contributed by atoms with E-state index in [1.54, 1.807) is 7.11 Å². The molecule has 1 saturated heterocycles. The first kappa shape index (κ1) is 16.2. The summed E-state index contributed by atoms with van der Waals surface area (Å²) in [6.45, 7) is 2.88. The Morgan fingerprint density at radius 2 is 2.18 bits per heavy atom. The summed E-state index contributed by atoms with van der Waals surface area (Å²) in [5.41, 5.74) is 2.92. The molecule has 1 fully saturated rings. The molecule has 1 aromatic rings. The third kappa shape index (κ3) is 3.44. The van der Waals surface area contributed by atoms with Gasteiger partial charge in [0.15, 0.2) is 0 Å². The van der Waals surface area contributed by atoms with E-state index in [9.17, 15) is 0 Å². The quantitative estimate of drug-likeness (QED) is 0.898. The first-order valence-electron chi connectivity index (χ1n) is 8.29. The summed E-state index contributed by atoms with van der Waals surface area (Å²) >= 11 is 2.01. The van der Waals surface area contributed by atoms with Crippen molar-refractivity contribution in [1.29, 1.82) is 0 Å². The Morgan fingerprint density at radius 1 is 1.36 bits per heavy atom. The normalized spacial score (nSPS) is 23.8. The van der Waals surface area contributed by atoms with Gasteiger partial charge in [-0.2, -0.15) is 11.8 Å². The van der Waals surface area contributed by atoms with Gasteiger partial charge in [0.25, 0.3) is 0 Å². The van der Waals surface area contributed by atoms with Gasteiger partial charge >= 0.3 is 0 Å². The van der Waals surface area contributed by atoms with E-state index >= 15 is 0 Å². The number of hydrogen-bond acceptors (Lipinski definition) is 4. The van der Waals surface area contributed by atoms with Gasteiger partial charge in [-0.25, -0.2) is 0 Å². The molecule has 0 spiro atoms. The van der Waals surface area contributed by atoms with Crippen molar-refractivity contribution >= 4 is 11.8 Å². The Kier molecular flexibility index (Phi) is 5.32. The van der Waals surface area contributed by atoms with Crippen LogP contribution in [-0.4, -0.2) is 37.9 Å². The van der Waals surface area contributed by atoms with Gasteiger partial charge in [0.2, 0.25) is 0 Å². The van der Waals surface area contributed by atoms with Crippen LogP contribution in [0.5, 0.6) is 5.75 Å². The minimum Gasteiger partial charge on any atom is -0.497 e. The second kappa shape index (κ2) is 7.24. The van der Waals surface area contributed by atoms with E-state index in [0.29, 0.717) is 10.8 Å². The lowest BCUT2D eigenvalue weighted by Crippen LogP contribution is -2.43. The summed E-state index contributed by atoms with van der Waals surface area (Å²) in [7, 11) is 1.74. The molecule has 0 radical (unpaired) electrons. The van der Waals surface area contributed by atoms with Crippen LogP contribution in [0.15, 0.2) is 18.2 Å². The van der Waals surface area contributed by atoms with Crippen molar-refractivity contribution in [2.45, 2.75) is 42.9 Å². The second-order valence-corrected chi connectivity index (χ2v) is 7.66. The smallest absolute Gasteiger partial charge is 0.119 e. The number of thioether (sulfide) groups is 1. The number of rotatable bonds is 5. The van der Waals surface area contributed by atoms with Crippen molar-refractivity contribution in [3.05, 3.63) is 29.3 Å².